The molecule has 220 valence electrons. The maximum absolute atomic E-state index is 14.8. The van der Waals surface area contributed by atoms with Crippen LogP contribution < -0.4 is 15.4 Å². The van der Waals surface area contributed by atoms with Crippen molar-refractivity contribution in [3.63, 3.8) is 0 Å². The zero-order valence-electron chi connectivity index (χ0n) is 22.2. The molecule has 0 aliphatic carbocycles. The summed E-state index contributed by atoms with van der Waals surface area (Å²) >= 11 is 6.17. The number of nitrogens with zero attached hydrogens (tertiary/aromatic N) is 3. The predicted molar refractivity (Wildman–Crippen MR) is 149 cm³/mol. The number of halogens is 5. The van der Waals surface area contributed by atoms with Crippen molar-refractivity contribution < 1.29 is 31.9 Å². The van der Waals surface area contributed by atoms with Crippen LogP contribution in [-0.4, -0.2) is 57.9 Å². The molecule has 0 saturated carbocycles. The molecule has 0 radical (unpaired) electrons. The van der Waals surface area contributed by atoms with Crippen molar-refractivity contribution in [2.24, 2.45) is 0 Å². The SMILES string of the molecule is CC(=O)N1CCN(Cc2ccc(NC(=O)Nc3ccc(Oc4ccnc5[nH]cc(Cl)c45)cc3F)cc2C(F)(F)F)CC1. The number of aromatic amines is 1. The Hall–Kier alpha value is -4.36. The Kier molecular flexibility index (Phi) is 8.23. The van der Waals surface area contributed by atoms with E-state index in [-0.39, 0.29) is 35.1 Å². The van der Waals surface area contributed by atoms with Gasteiger partial charge in [-0.2, -0.15) is 13.2 Å². The summed E-state index contributed by atoms with van der Waals surface area (Å²) in [5.74, 6) is -0.441. The number of hydrogen-bond donors (Lipinski definition) is 3. The molecular weight excluding hydrogens is 580 g/mol. The first-order valence-electron chi connectivity index (χ1n) is 12.8. The van der Waals surface area contributed by atoms with Gasteiger partial charge in [0.05, 0.1) is 21.7 Å². The molecule has 3 amide bonds. The molecule has 0 spiro atoms. The summed E-state index contributed by atoms with van der Waals surface area (Å²) in [5, 5.41) is 5.51. The monoisotopic (exact) mass is 604 g/mol. The van der Waals surface area contributed by atoms with E-state index in [0.717, 1.165) is 12.1 Å². The van der Waals surface area contributed by atoms with E-state index in [9.17, 15) is 27.2 Å². The average molecular weight is 605 g/mol. The minimum absolute atomic E-state index is 0.0357. The smallest absolute Gasteiger partial charge is 0.416 e. The van der Waals surface area contributed by atoms with Crippen molar-refractivity contribution in [1.29, 1.82) is 0 Å². The Balaban J connectivity index is 1.24. The van der Waals surface area contributed by atoms with Crippen LogP contribution in [0.15, 0.2) is 54.9 Å². The number of aromatic nitrogens is 2. The molecule has 3 heterocycles. The van der Waals surface area contributed by atoms with Crippen LogP contribution in [0.5, 0.6) is 11.5 Å². The summed E-state index contributed by atoms with van der Waals surface area (Å²) in [5.41, 5.74) is -0.692. The van der Waals surface area contributed by atoms with Crippen LogP contribution >= 0.6 is 11.6 Å². The first-order valence-corrected chi connectivity index (χ1v) is 13.2. The van der Waals surface area contributed by atoms with E-state index in [1.807, 2.05) is 4.90 Å². The number of fused-ring (bicyclic) bond motifs is 1. The van der Waals surface area contributed by atoms with Crippen LogP contribution in [0.3, 0.4) is 0 Å². The first kappa shape index (κ1) is 29.1. The number of benzene rings is 2. The molecule has 0 atom stereocenters. The van der Waals surface area contributed by atoms with Gasteiger partial charge < -0.3 is 25.3 Å². The van der Waals surface area contributed by atoms with E-state index in [0.29, 0.717) is 48.0 Å². The number of anilines is 2. The molecule has 9 nitrogen and oxygen atoms in total. The molecule has 0 bridgehead atoms. The van der Waals surface area contributed by atoms with E-state index in [2.05, 4.69) is 20.6 Å². The summed E-state index contributed by atoms with van der Waals surface area (Å²) in [6.07, 6.45) is -1.63. The molecule has 2 aromatic heterocycles. The first-order chi connectivity index (χ1) is 20.0. The van der Waals surface area contributed by atoms with Gasteiger partial charge in [-0.05, 0) is 35.9 Å². The Morgan fingerprint density at radius 2 is 1.83 bits per heavy atom. The van der Waals surface area contributed by atoms with Gasteiger partial charge in [-0.3, -0.25) is 9.69 Å². The molecule has 0 unspecified atom stereocenters. The van der Waals surface area contributed by atoms with Gasteiger partial charge in [0.15, 0.2) is 0 Å². The number of amides is 3. The lowest BCUT2D eigenvalue weighted by Gasteiger charge is -2.34. The fourth-order valence-electron chi connectivity index (χ4n) is 4.66. The van der Waals surface area contributed by atoms with Crippen LogP contribution in [0.4, 0.5) is 33.7 Å². The summed E-state index contributed by atoms with van der Waals surface area (Å²) < 4.78 is 62.3. The summed E-state index contributed by atoms with van der Waals surface area (Å²) in [4.78, 5) is 34.6. The summed E-state index contributed by atoms with van der Waals surface area (Å²) in [6.45, 7) is 3.26. The second kappa shape index (κ2) is 11.9. The average Bonchev–Trinajstić information content (AvgIpc) is 3.32. The van der Waals surface area contributed by atoms with Crippen LogP contribution in [0.25, 0.3) is 11.0 Å². The number of hydrogen-bond acceptors (Lipinski definition) is 5. The third-order valence-corrected chi connectivity index (χ3v) is 7.09. The number of pyridine rings is 1. The summed E-state index contributed by atoms with van der Waals surface area (Å²) in [6, 6.07) is 7.86. The highest BCUT2D eigenvalue weighted by molar-refractivity contribution is 6.36. The van der Waals surface area contributed by atoms with E-state index in [4.69, 9.17) is 16.3 Å². The number of nitrogens with one attached hydrogen (secondary N) is 3. The van der Waals surface area contributed by atoms with Gasteiger partial charge >= 0.3 is 12.2 Å². The lowest BCUT2D eigenvalue weighted by Crippen LogP contribution is -2.47. The number of piperazine rings is 1. The van der Waals surface area contributed by atoms with Crippen LogP contribution in [0.2, 0.25) is 5.02 Å². The molecular formula is C28H25ClF4N6O3. The van der Waals surface area contributed by atoms with Gasteiger partial charge in [0.25, 0.3) is 0 Å². The van der Waals surface area contributed by atoms with E-state index in [1.165, 1.54) is 37.4 Å². The Morgan fingerprint density at radius 1 is 1.07 bits per heavy atom. The zero-order valence-corrected chi connectivity index (χ0v) is 22.9. The lowest BCUT2D eigenvalue weighted by molar-refractivity contribution is -0.138. The molecule has 1 fully saturated rings. The Bertz CT molecular complexity index is 1640. The van der Waals surface area contributed by atoms with Crippen molar-refractivity contribution in [1.82, 2.24) is 19.8 Å². The number of carbonyl (C=O) groups is 2. The van der Waals surface area contributed by atoms with Crippen molar-refractivity contribution in [2.45, 2.75) is 19.6 Å². The summed E-state index contributed by atoms with van der Waals surface area (Å²) in [7, 11) is 0. The number of urea groups is 1. The third-order valence-electron chi connectivity index (χ3n) is 6.79. The molecule has 4 aromatic rings. The molecule has 42 heavy (non-hydrogen) atoms. The lowest BCUT2D eigenvalue weighted by atomic mass is 10.0. The van der Waals surface area contributed by atoms with E-state index < -0.39 is 23.6 Å². The standard InChI is InChI=1S/C28H25ClF4N6O3/c1-16(40)39-10-8-38(9-11-39)15-17-2-3-18(12-20(17)28(31,32)33)36-27(41)37-23-5-4-19(13-22(23)30)42-24-6-7-34-26-25(24)21(29)14-35-26/h2-7,12-14H,8-11,15H2,1H3,(H,34,35)(H2,36,37,41). The fourth-order valence-corrected chi connectivity index (χ4v) is 4.90. The minimum Gasteiger partial charge on any atom is -0.456 e. The molecule has 1 saturated heterocycles. The number of ether oxygens (including phenoxy) is 1. The predicted octanol–water partition coefficient (Wildman–Crippen LogP) is 6.47. The maximum atomic E-state index is 14.8. The fraction of sp³-hybridized carbons (Fsp3) is 0.250. The second-order valence-electron chi connectivity index (χ2n) is 9.64. The van der Waals surface area contributed by atoms with Crippen molar-refractivity contribution in [2.75, 3.05) is 36.8 Å². The highest BCUT2D eigenvalue weighted by atomic mass is 35.5. The largest absolute Gasteiger partial charge is 0.456 e. The minimum atomic E-state index is -4.67. The molecule has 14 heteroatoms. The Labute approximate surface area is 242 Å². The molecule has 1 aliphatic heterocycles. The quantitative estimate of drug-likeness (QED) is 0.219. The molecule has 3 N–H and O–H groups in total. The van der Waals surface area contributed by atoms with Gasteiger partial charge in [0, 0.05) is 63.8 Å². The number of carbonyl (C=O) groups excluding carboxylic acids is 2. The van der Waals surface area contributed by atoms with Crippen molar-refractivity contribution in [3.8, 4) is 11.5 Å². The van der Waals surface area contributed by atoms with Gasteiger partial charge in [-0.15, -0.1) is 0 Å². The van der Waals surface area contributed by atoms with Crippen LogP contribution in [-0.2, 0) is 17.5 Å². The second-order valence-corrected chi connectivity index (χ2v) is 10.1. The van der Waals surface area contributed by atoms with E-state index in [1.54, 1.807) is 17.2 Å². The van der Waals surface area contributed by atoms with Crippen molar-refractivity contribution >= 4 is 45.9 Å². The molecule has 2 aromatic carbocycles. The zero-order chi connectivity index (χ0) is 30.0. The Morgan fingerprint density at radius 3 is 2.52 bits per heavy atom. The van der Waals surface area contributed by atoms with Crippen LogP contribution in [0, 0.1) is 5.82 Å². The van der Waals surface area contributed by atoms with Gasteiger partial charge in [0.1, 0.15) is 23.0 Å². The van der Waals surface area contributed by atoms with Gasteiger partial charge in [-0.1, -0.05) is 17.7 Å². The number of rotatable bonds is 6. The highest BCUT2D eigenvalue weighted by Gasteiger charge is 2.34. The number of alkyl halides is 3. The highest BCUT2D eigenvalue weighted by Crippen LogP contribution is 2.36. The van der Waals surface area contributed by atoms with E-state index >= 15 is 0 Å². The van der Waals surface area contributed by atoms with Gasteiger partial charge in [-0.25, -0.2) is 14.2 Å². The van der Waals surface area contributed by atoms with Gasteiger partial charge in [0.2, 0.25) is 5.91 Å². The van der Waals surface area contributed by atoms with Crippen molar-refractivity contribution in [3.05, 3.63) is 76.8 Å². The maximum Gasteiger partial charge on any atom is 0.416 e. The molecule has 1 aliphatic rings. The number of H-pyrrole nitrogens is 1. The molecule has 5 rings (SSSR count). The topological polar surface area (TPSA) is 103 Å². The normalized spacial score (nSPS) is 14.2. The third kappa shape index (κ3) is 6.58. The van der Waals surface area contributed by atoms with Crippen LogP contribution in [0.1, 0.15) is 18.1 Å².